The summed E-state index contributed by atoms with van der Waals surface area (Å²) in [6, 6.07) is 9.55. The van der Waals surface area contributed by atoms with Gasteiger partial charge in [-0.1, -0.05) is 42.7 Å². The maximum absolute atomic E-state index is 13.8. The molecule has 31 heavy (non-hydrogen) atoms. The fraction of sp³-hybridized carbons (Fsp3) is 0.273. The lowest BCUT2D eigenvalue weighted by Crippen LogP contribution is -2.07. The number of fused-ring (bicyclic) bond motifs is 1. The maximum Gasteiger partial charge on any atom is 0.161 e. The van der Waals surface area contributed by atoms with Crippen LogP contribution in [0.3, 0.4) is 0 Å². The van der Waals surface area contributed by atoms with Gasteiger partial charge >= 0.3 is 0 Å². The van der Waals surface area contributed by atoms with Crippen molar-refractivity contribution in [3.8, 4) is 0 Å². The highest BCUT2D eigenvalue weighted by molar-refractivity contribution is 6.30. The smallest absolute Gasteiger partial charge is 0.161 e. The summed E-state index contributed by atoms with van der Waals surface area (Å²) in [6.45, 7) is 1.37. The summed E-state index contributed by atoms with van der Waals surface area (Å²) in [5, 5.41) is 4.34. The zero-order chi connectivity index (χ0) is 20.6. The van der Waals surface area contributed by atoms with Crippen molar-refractivity contribution in [1.82, 2.24) is 9.97 Å². The van der Waals surface area contributed by atoms with Gasteiger partial charge in [-0.2, -0.15) is 0 Å². The van der Waals surface area contributed by atoms with E-state index in [1.807, 2.05) is 18.2 Å². The summed E-state index contributed by atoms with van der Waals surface area (Å²) >= 11 is 5.90. The lowest BCUT2D eigenvalue weighted by atomic mass is 10.2. The molecule has 1 heterocycles. The first kappa shape index (κ1) is 27.0. The largest absolute Gasteiger partial charge is 0.369 e. The van der Waals surface area contributed by atoms with Crippen molar-refractivity contribution >= 4 is 65.3 Å². The van der Waals surface area contributed by atoms with Gasteiger partial charge in [-0.15, -0.1) is 24.8 Å². The summed E-state index contributed by atoms with van der Waals surface area (Å²) in [6.07, 6.45) is 7.62. The molecule has 3 rings (SSSR count). The van der Waals surface area contributed by atoms with E-state index in [2.05, 4.69) is 15.3 Å². The first-order chi connectivity index (χ1) is 14.1. The van der Waals surface area contributed by atoms with Gasteiger partial charge in [0, 0.05) is 23.0 Å². The van der Waals surface area contributed by atoms with Crippen LogP contribution in [0, 0.1) is 11.6 Å². The molecule has 0 saturated heterocycles. The van der Waals surface area contributed by atoms with Crippen LogP contribution in [0.4, 0.5) is 14.6 Å². The predicted molar refractivity (Wildman–Crippen MR) is 130 cm³/mol. The number of nitrogens with zero attached hydrogens (tertiary/aromatic N) is 2. The topological polar surface area (TPSA) is 63.8 Å². The Labute approximate surface area is 198 Å². The van der Waals surface area contributed by atoms with Gasteiger partial charge in [-0.3, -0.25) is 0 Å². The van der Waals surface area contributed by atoms with Crippen molar-refractivity contribution in [2.45, 2.75) is 25.7 Å². The average molecular weight is 490 g/mol. The third-order valence-electron chi connectivity index (χ3n) is 4.47. The minimum Gasteiger partial charge on any atom is -0.369 e. The molecule has 0 saturated carbocycles. The third kappa shape index (κ3) is 7.89. The number of nitrogens with one attached hydrogen (secondary N) is 1. The molecule has 0 aliphatic carbocycles. The maximum atomic E-state index is 13.8. The quantitative estimate of drug-likeness (QED) is 0.336. The molecule has 2 aromatic carbocycles. The van der Waals surface area contributed by atoms with Crippen molar-refractivity contribution in [1.29, 1.82) is 0 Å². The molecule has 9 heteroatoms. The minimum atomic E-state index is -0.934. The number of hydrogen-bond acceptors (Lipinski definition) is 4. The Balaban J connectivity index is 0.00000240. The van der Waals surface area contributed by atoms with Gasteiger partial charge < -0.3 is 11.1 Å². The lowest BCUT2D eigenvalue weighted by Gasteiger charge is -2.10. The molecule has 0 unspecified atom stereocenters. The highest BCUT2D eigenvalue weighted by Crippen LogP contribution is 2.24. The highest BCUT2D eigenvalue weighted by atomic mass is 35.5. The van der Waals surface area contributed by atoms with E-state index < -0.39 is 11.6 Å². The van der Waals surface area contributed by atoms with E-state index in [1.54, 1.807) is 18.2 Å². The second kappa shape index (κ2) is 13.4. The molecule has 0 spiro atoms. The Bertz CT molecular complexity index is 998. The average Bonchev–Trinajstić information content (AvgIpc) is 2.71. The van der Waals surface area contributed by atoms with Crippen molar-refractivity contribution < 1.29 is 8.78 Å². The van der Waals surface area contributed by atoms with Crippen LogP contribution in [0.1, 0.15) is 37.1 Å². The molecule has 0 aliphatic heterocycles. The van der Waals surface area contributed by atoms with E-state index in [9.17, 15) is 8.78 Å². The number of nitrogens with two attached hydrogens (primary N) is 1. The summed E-state index contributed by atoms with van der Waals surface area (Å²) in [7, 11) is 0. The van der Waals surface area contributed by atoms with Crippen LogP contribution in [-0.2, 0) is 0 Å². The Kier molecular flexibility index (Phi) is 11.7. The molecular weight excluding hydrogens is 465 g/mol. The SMILES string of the molecule is Cl.Cl.NCCCCCCNc1nc(C=Cc2ccc(Cl)cc2)nc2cc(F)c(F)cc12. The number of anilines is 1. The van der Waals surface area contributed by atoms with E-state index >= 15 is 0 Å². The van der Waals surface area contributed by atoms with Crippen LogP contribution in [0.25, 0.3) is 23.1 Å². The van der Waals surface area contributed by atoms with Crippen molar-refractivity contribution in [2.24, 2.45) is 5.73 Å². The number of unbranched alkanes of at least 4 members (excludes halogenated alkanes) is 3. The monoisotopic (exact) mass is 488 g/mol. The Morgan fingerprint density at radius 1 is 0.903 bits per heavy atom. The van der Waals surface area contributed by atoms with Gasteiger partial charge in [0.25, 0.3) is 0 Å². The predicted octanol–water partition coefficient (Wildman–Crippen LogP) is 6.51. The summed E-state index contributed by atoms with van der Waals surface area (Å²) in [5.74, 6) is -0.958. The molecule has 0 radical (unpaired) electrons. The molecule has 4 nitrogen and oxygen atoms in total. The van der Waals surface area contributed by atoms with Crippen LogP contribution in [0.2, 0.25) is 5.02 Å². The van der Waals surface area contributed by atoms with Crippen LogP contribution in [0.5, 0.6) is 0 Å². The number of aromatic nitrogens is 2. The first-order valence-electron chi connectivity index (χ1n) is 9.61. The lowest BCUT2D eigenvalue weighted by molar-refractivity contribution is 0.510. The molecular formula is C22H25Cl3F2N4. The number of hydrogen-bond donors (Lipinski definition) is 2. The van der Waals surface area contributed by atoms with Gasteiger partial charge in [-0.05, 0) is 49.2 Å². The van der Waals surface area contributed by atoms with E-state index in [-0.39, 0.29) is 24.8 Å². The minimum absolute atomic E-state index is 0. The van der Waals surface area contributed by atoms with Gasteiger partial charge in [0.05, 0.1) is 5.52 Å². The fourth-order valence-electron chi connectivity index (χ4n) is 2.93. The van der Waals surface area contributed by atoms with E-state index in [0.29, 0.717) is 40.7 Å². The zero-order valence-corrected chi connectivity index (χ0v) is 19.2. The molecule has 1 aromatic heterocycles. The van der Waals surface area contributed by atoms with Gasteiger partial charge in [0.2, 0.25) is 0 Å². The standard InChI is InChI=1S/C22H23ClF2N4.2ClH/c23-16-8-5-15(6-9-16)7-10-21-28-20-14-19(25)18(24)13-17(20)22(29-21)27-12-4-2-1-3-11-26;;/h5-10,13-14H,1-4,11-12,26H2,(H,27,28,29);2*1H. The number of benzene rings is 2. The third-order valence-corrected chi connectivity index (χ3v) is 4.73. The number of rotatable bonds is 9. The van der Waals surface area contributed by atoms with Crippen molar-refractivity contribution in [3.63, 3.8) is 0 Å². The fourth-order valence-corrected chi connectivity index (χ4v) is 3.05. The zero-order valence-electron chi connectivity index (χ0n) is 16.8. The van der Waals surface area contributed by atoms with Crippen LogP contribution in [0.15, 0.2) is 36.4 Å². The Morgan fingerprint density at radius 2 is 1.58 bits per heavy atom. The van der Waals surface area contributed by atoms with Crippen molar-refractivity contribution in [2.75, 3.05) is 18.4 Å². The molecule has 3 aromatic rings. The van der Waals surface area contributed by atoms with Crippen LogP contribution >= 0.6 is 36.4 Å². The second-order valence-corrected chi connectivity index (χ2v) is 7.16. The molecule has 3 N–H and O–H groups in total. The van der Waals surface area contributed by atoms with E-state index in [4.69, 9.17) is 17.3 Å². The molecule has 0 bridgehead atoms. The first-order valence-corrected chi connectivity index (χ1v) is 9.99. The van der Waals surface area contributed by atoms with Gasteiger partial charge in [0.1, 0.15) is 5.82 Å². The van der Waals surface area contributed by atoms with E-state index in [1.165, 1.54) is 0 Å². The molecule has 0 aliphatic rings. The normalized spacial score (nSPS) is 10.7. The Hall–Kier alpha value is -1.99. The van der Waals surface area contributed by atoms with Gasteiger partial charge in [-0.25, -0.2) is 18.7 Å². The highest BCUT2D eigenvalue weighted by Gasteiger charge is 2.11. The van der Waals surface area contributed by atoms with Crippen molar-refractivity contribution in [3.05, 3.63) is 64.4 Å². The van der Waals surface area contributed by atoms with Gasteiger partial charge in [0.15, 0.2) is 17.5 Å². The van der Waals surface area contributed by atoms with E-state index in [0.717, 1.165) is 43.4 Å². The Morgan fingerprint density at radius 3 is 2.29 bits per heavy atom. The summed E-state index contributed by atoms with van der Waals surface area (Å²) in [4.78, 5) is 8.85. The molecule has 0 amide bonds. The molecule has 0 atom stereocenters. The number of halogens is 5. The molecule has 168 valence electrons. The van der Waals surface area contributed by atoms with Crippen LogP contribution in [-0.4, -0.2) is 23.1 Å². The second-order valence-electron chi connectivity index (χ2n) is 6.73. The van der Waals surface area contributed by atoms with Crippen LogP contribution < -0.4 is 11.1 Å². The summed E-state index contributed by atoms with van der Waals surface area (Å²) < 4.78 is 27.5. The molecule has 0 fully saturated rings. The summed E-state index contributed by atoms with van der Waals surface area (Å²) in [5.41, 5.74) is 6.78.